The number of benzene rings is 2. The highest BCUT2D eigenvalue weighted by molar-refractivity contribution is 6.02. The normalized spacial score (nSPS) is 10.6. The maximum absolute atomic E-state index is 13.7. The second kappa shape index (κ2) is 11.4. The molecular weight excluding hydrogens is 444 g/mol. The number of aromatic nitrogens is 1. The molecule has 0 fully saturated rings. The predicted molar refractivity (Wildman–Crippen MR) is 123 cm³/mol. The number of Topliss-reactive ketones (excluding diaryl/α,β-unsaturated/α-hetero) is 2. The lowest BCUT2D eigenvalue weighted by Crippen LogP contribution is -2.08. The standard InChI is InChI=1S/C26H25F2NO5/c1-16-14-18(4-6-19(16)28)26-24(32-2)11-7-20(29-26)22(31)9-8-21(30)17-5-10-23(34-13-12-27)25(15-17)33-3/h4-7,10-11,14-15H,8-9,12-13H2,1-3H3. The summed E-state index contributed by atoms with van der Waals surface area (Å²) in [5.41, 5.74) is 2.00. The number of pyridine rings is 1. The van der Waals surface area contributed by atoms with Gasteiger partial charge in [-0.2, -0.15) is 0 Å². The van der Waals surface area contributed by atoms with Crippen LogP contribution in [-0.4, -0.2) is 44.1 Å². The van der Waals surface area contributed by atoms with Gasteiger partial charge in [0.25, 0.3) is 0 Å². The Bertz CT molecular complexity index is 1200. The van der Waals surface area contributed by atoms with Crippen LogP contribution in [-0.2, 0) is 0 Å². The first-order chi connectivity index (χ1) is 16.4. The maximum Gasteiger partial charge on any atom is 0.181 e. The van der Waals surface area contributed by atoms with Crippen molar-refractivity contribution in [2.75, 3.05) is 27.5 Å². The van der Waals surface area contributed by atoms with Crippen molar-refractivity contribution in [1.82, 2.24) is 4.98 Å². The average molecular weight is 469 g/mol. The SMILES string of the molecule is COc1cc(C(=O)CCC(=O)c2ccc(OC)c(-c3ccc(F)c(C)c3)n2)ccc1OCCF. The summed E-state index contributed by atoms with van der Waals surface area (Å²) in [6.45, 7) is 0.876. The molecule has 6 nitrogen and oxygen atoms in total. The van der Waals surface area contributed by atoms with Crippen molar-refractivity contribution in [3.05, 3.63) is 71.2 Å². The second-order valence-corrected chi connectivity index (χ2v) is 7.46. The van der Waals surface area contributed by atoms with Gasteiger partial charge in [-0.25, -0.2) is 13.8 Å². The van der Waals surface area contributed by atoms with Gasteiger partial charge < -0.3 is 14.2 Å². The second-order valence-electron chi connectivity index (χ2n) is 7.46. The fourth-order valence-electron chi connectivity index (χ4n) is 3.37. The van der Waals surface area contributed by atoms with Crippen LogP contribution in [0.3, 0.4) is 0 Å². The van der Waals surface area contributed by atoms with Crippen LogP contribution in [0.5, 0.6) is 17.2 Å². The molecule has 0 atom stereocenters. The third-order valence-corrected chi connectivity index (χ3v) is 5.19. The molecule has 2 aromatic carbocycles. The topological polar surface area (TPSA) is 74.7 Å². The minimum absolute atomic E-state index is 0.0363. The van der Waals surface area contributed by atoms with Crippen molar-refractivity contribution >= 4 is 11.6 Å². The molecule has 3 rings (SSSR count). The number of halogens is 2. The van der Waals surface area contributed by atoms with Crippen LogP contribution in [0, 0.1) is 12.7 Å². The van der Waals surface area contributed by atoms with Crippen LogP contribution in [0.15, 0.2) is 48.5 Å². The summed E-state index contributed by atoms with van der Waals surface area (Å²) in [4.78, 5) is 29.9. The number of hydrogen-bond donors (Lipinski definition) is 0. The zero-order valence-corrected chi connectivity index (χ0v) is 19.2. The van der Waals surface area contributed by atoms with Gasteiger partial charge in [-0.15, -0.1) is 0 Å². The number of ether oxygens (including phenoxy) is 3. The van der Waals surface area contributed by atoms with Crippen LogP contribution in [0.25, 0.3) is 11.3 Å². The monoisotopic (exact) mass is 469 g/mol. The highest BCUT2D eigenvalue weighted by Crippen LogP contribution is 2.31. The van der Waals surface area contributed by atoms with E-state index in [1.165, 1.54) is 38.5 Å². The number of carbonyl (C=O) groups excluding carboxylic acids is 2. The van der Waals surface area contributed by atoms with E-state index in [0.717, 1.165) is 0 Å². The number of methoxy groups -OCH3 is 2. The molecule has 0 unspecified atom stereocenters. The zero-order valence-electron chi connectivity index (χ0n) is 19.2. The smallest absolute Gasteiger partial charge is 0.181 e. The molecule has 34 heavy (non-hydrogen) atoms. The molecule has 0 radical (unpaired) electrons. The van der Waals surface area contributed by atoms with Crippen LogP contribution < -0.4 is 14.2 Å². The van der Waals surface area contributed by atoms with E-state index >= 15 is 0 Å². The summed E-state index contributed by atoms with van der Waals surface area (Å²) in [5, 5.41) is 0. The summed E-state index contributed by atoms with van der Waals surface area (Å²) >= 11 is 0. The summed E-state index contributed by atoms with van der Waals surface area (Å²) in [6.07, 6.45) is -0.0894. The summed E-state index contributed by atoms with van der Waals surface area (Å²) in [5.74, 6) is 0.172. The lowest BCUT2D eigenvalue weighted by atomic mass is 10.0. The molecule has 0 saturated carbocycles. The highest BCUT2D eigenvalue weighted by Gasteiger charge is 2.17. The van der Waals surface area contributed by atoms with Gasteiger partial charge in [-0.1, -0.05) is 0 Å². The third kappa shape index (κ3) is 5.75. The third-order valence-electron chi connectivity index (χ3n) is 5.19. The van der Waals surface area contributed by atoms with Crippen molar-refractivity contribution < 1.29 is 32.6 Å². The summed E-state index contributed by atoms with van der Waals surface area (Å²) in [7, 11) is 2.91. The molecule has 1 heterocycles. The van der Waals surface area contributed by atoms with E-state index < -0.39 is 6.67 Å². The van der Waals surface area contributed by atoms with Crippen molar-refractivity contribution in [2.24, 2.45) is 0 Å². The molecule has 0 bridgehead atoms. The molecule has 178 valence electrons. The zero-order chi connectivity index (χ0) is 24.7. The van der Waals surface area contributed by atoms with Gasteiger partial charge in [0.05, 0.1) is 14.2 Å². The van der Waals surface area contributed by atoms with E-state index in [-0.39, 0.29) is 42.5 Å². The quantitative estimate of drug-likeness (QED) is 0.350. The maximum atomic E-state index is 13.7. The van der Waals surface area contributed by atoms with E-state index in [4.69, 9.17) is 14.2 Å². The lowest BCUT2D eigenvalue weighted by Gasteiger charge is -2.11. The minimum Gasteiger partial charge on any atom is -0.494 e. The number of nitrogens with zero attached hydrogens (tertiary/aromatic N) is 1. The van der Waals surface area contributed by atoms with E-state index in [9.17, 15) is 18.4 Å². The first-order valence-corrected chi connectivity index (χ1v) is 10.6. The number of alkyl halides is 1. The summed E-state index contributed by atoms with van der Waals surface area (Å²) in [6, 6.07) is 12.3. The Morgan fingerprint density at radius 1 is 0.882 bits per heavy atom. The van der Waals surface area contributed by atoms with E-state index in [1.807, 2.05) is 0 Å². The van der Waals surface area contributed by atoms with Gasteiger partial charge >= 0.3 is 0 Å². The van der Waals surface area contributed by atoms with Gasteiger partial charge in [-0.3, -0.25) is 9.59 Å². The molecule has 0 saturated heterocycles. The Morgan fingerprint density at radius 2 is 1.59 bits per heavy atom. The van der Waals surface area contributed by atoms with Crippen molar-refractivity contribution in [2.45, 2.75) is 19.8 Å². The van der Waals surface area contributed by atoms with Crippen LogP contribution >= 0.6 is 0 Å². The number of aryl methyl sites for hydroxylation is 1. The molecule has 1 aromatic heterocycles. The molecule has 0 aliphatic carbocycles. The summed E-state index contributed by atoms with van der Waals surface area (Å²) < 4.78 is 41.8. The largest absolute Gasteiger partial charge is 0.494 e. The van der Waals surface area contributed by atoms with E-state index in [0.29, 0.717) is 39.6 Å². The average Bonchev–Trinajstić information content (AvgIpc) is 2.86. The Hall–Kier alpha value is -3.81. The number of ketones is 2. The first kappa shape index (κ1) is 24.8. The van der Waals surface area contributed by atoms with E-state index in [2.05, 4.69) is 4.98 Å². The van der Waals surface area contributed by atoms with Gasteiger partial charge in [0.15, 0.2) is 23.1 Å². The van der Waals surface area contributed by atoms with Crippen LogP contribution in [0.1, 0.15) is 39.3 Å². The van der Waals surface area contributed by atoms with Crippen molar-refractivity contribution in [3.63, 3.8) is 0 Å². The van der Waals surface area contributed by atoms with Crippen LogP contribution in [0.4, 0.5) is 8.78 Å². The Labute approximate surface area is 196 Å². The molecule has 3 aromatic rings. The lowest BCUT2D eigenvalue weighted by molar-refractivity contribution is 0.0915. The fraction of sp³-hybridized carbons (Fsp3) is 0.269. The number of carbonyl (C=O) groups is 2. The molecule has 0 spiro atoms. The van der Waals surface area contributed by atoms with Crippen molar-refractivity contribution in [1.29, 1.82) is 0 Å². The first-order valence-electron chi connectivity index (χ1n) is 10.6. The minimum atomic E-state index is -0.645. The fourth-order valence-corrected chi connectivity index (χ4v) is 3.37. The van der Waals surface area contributed by atoms with Crippen molar-refractivity contribution in [3.8, 4) is 28.5 Å². The Kier molecular flexibility index (Phi) is 8.29. The highest BCUT2D eigenvalue weighted by atomic mass is 19.1. The molecule has 0 N–H and O–H groups in total. The van der Waals surface area contributed by atoms with E-state index in [1.54, 1.807) is 31.2 Å². The van der Waals surface area contributed by atoms with Gasteiger partial charge in [-0.05, 0) is 61.0 Å². The molecule has 0 aliphatic rings. The number of hydrogen-bond acceptors (Lipinski definition) is 6. The van der Waals surface area contributed by atoms with Gasteiger partial charge in [0, 0.05) is 24.0 Å². The molecular formula is C26H25F2NO5. The van der Waals surface area contributed by atoms with Gasteiger partial charge in [0.1, 0.15) is 36.2 Å². The Balaban J connectivity index is 1.74. The number of rotatable bonds is 11. The molecule has 0 aliphatic heterocycles. The van der Waals surface area contributed by atoms with Crippen LogP contribution in [0.2, 0.25) is 0 Å². The predicted octanol–water partition coefficient (Wildman–Crippen LogP) is 5.41. The molecule has 0 amide bonds. The van der Waals surface area contributed by atoms with Gasteiger partial charge in [0.2, 0.25) is 0 Å². The molecule has 8 heteroatoms. The Morgan fingerprint density at radius 3 is 2.26 bits per heavy atom.